The van der Waals surface area contributed by atoms with Crippen LogP contribution in [0.4, 0.5) is 5.69 Å². The SMILES string of the molecule is CCNC(=O)[C@@H](CC)N(Cc1ccc(Cl)cc1Cl)C(=O)CN(c1cc(Cl)ccc1Cl)S(C)(=O)=O. The molecule has 2 amide bonds. The average Bonchev–Trinajstić information content (AvgIpc) is 2.74. The molecule has 0 spiro atoms. The number of carbonyl (C=O) groups is 2. The molecule has 12 heteroatoms. The molecule has 0 saturated heterocycles. The first kappa shape index (κ1) is 28.5. The molecule has 1 N–H and O–H groups in total. The minimum atomic E-state index is -3.94. The maximum absolute atomic E-state index is 13.6. The van der Waals surface area contributed by atoms with E-state index < -0.39 is 28.5 Å². The third-order valence-electron chi connectivity index (χ3n) is 4.95. The molecular weight excluding hydrogens is 544 g/mol. The van der Waals surface area contributed by atoms with E-state index in [0.29, 0.717) is 28.6 Å². The highest BCUT2D eigenvalue weighted by Crippen LogP contribution is 2.31. The monoisotopic (exact) mass is 567 g/mol. The van der Waals surface area contributed by atoms with Crippen LogP contribution in [0, 0.1) is 0 Å². The molecule has 0 saturated carbocycles. The fourth-order valence-electron chi connectivity index (χ4n) is 3.32. The Morgan fingerprint density at radius 1 is 0.971 bits per heavy atom. The van der Waals surface area contributed by atoms with Gasteiger partial charge >= 0.3 is 0 Å². The highest BCUT2D eigenvalue weighted by atomic mass is 35.5. The van der Waals surface area contributed by atoms with Crippen LogP contribution in [-0.4, -0.2) is 50.5 Å². The molecule has 0 unspecified atom stereocenters. The average molecular weight is 569 g/mol. The molecule has 34 heavy (non-hydrogen) atoms. The lowest BCUT2D eigenvalue weighted by molar-refractivity contribution is -0.140. The number of anilines is 1. The second-order valence-corrected chi connectivity index (χ2v) is 11.0. The molecule has 7 nitrogen and oxygen atoms in total. The van der Waals surface area contributed by atoms with E-state index >= 15 is 0 Å². The van der Waals surface area contributed by atoms with Crippen molar-refractivity contribution in [1.29, 1.82) is 0 Å². The van der Waals surface area contributed by atoms with Gasteiger partial charge in [-0.2, -0.15) is 0 Å². The zero-order chi connectivity index (χ0) is 25.6. The van der Waals surface area contributed by atoms with E-state index in [0.717, 1.165) is 10.6 Å². The minimum absolute atomic E-state index is 0.0364. The summed E-state index contributed by atoms with van der Waals surface area (Å²) in [7, 11) is -3.94. The Balaban J connectivity index is 2.51. The predicted octanol–water partition coefficient (Wildman–Crippen LogP) is 5.01. The van der Waals surface area contributed by atoms with Gasteiger partial charge in [0.1, 0.15) is 12.6 Å². The molecule has 2 rings (SSSR count). The van der Waals surface area contributed by atoms with E-state index in [4.69, 9.17) is 46.4 Å². The molecule has 1 atom stereocenters. The molecule has 2 aromatic rings. The van der Waals surface area contributed by atoms with E-state index in [1.54, 1.807) is 26.0 Å². The second-order valence-electron chi connectivity index (χ2n) is 7.44. The number of hydrogen-bond donors (Lipinski definition) is 1. The van der Waals surface area contributed by atoms with E-state index in [1.165, 1.54) is 29.2 Å². The van der Waals surface area contributed by atoms with Crippen LogP contribution in [0.15, 0.2) is 36.4 Å². The Morgan fingerprint density at radius 3 is 2.15 bits per heavy atom. The largest absolute Gasteiger partial charge is 0.355 e. The van der Waals surface area contributed by atoms with Crippen molar-refractivity contribution in [2.75, 3.05) is 23.7 Å². The summed E-state index contributed by atoms with van der Waals surface area (Å²) in [6.45, 7) is 3.25. The molecule has 0 aromatic heterocycles. The lowest BCUT2D eigenvalue weighted by Crippen LogP contribution is -2.52. The standard InChI is InChI=1S/C22H25Cl4N3O4S/c1-4-19(22(31)27-5-2)28(12-14-6-7-15(23)10-18(14)26)21(30)13-29(34(3,32)33)20-11-16(24)8-9-17(20)25/h6-11,19H,4-5,12-13H2,1-3H3,(H,27,31)/t19-/m1/s1. The summed E-state index contributed by atoms with van der Waals surface area (Å²) in [4.78, 5) is 27.6. The first-order valence-electron chi connectivity index (χ1n) is 10.3. The second kappa shape index (κ2) is 12.3. The number of carbonyl (C=O) groups excluding carboxylic acids is 2. The Morgan fingerprint density at radius 2 is 1.59 bits per heavy atom. The zero-order valence-corrected chi connectivity index (χ0v) is 22.7. The number of nitrogens with one attached hydrogen (secondary N) is 1. The predicted molar refractivity (Wildman–Crippen MR) is 138 cm³/mol. The Bertz CT molecular complexity index is 1160. The molecule has 0 aliphatic rings. The lowest BCUT2D eigenvalue weighted by atomic mass is 10.1. The summed E-state index contributed by atoms with van der Waals surface area (Å²) in [6.07, 6.45) is 1.25. The fraction of sp³-hybridized carbons (Fsp3) is 0.364. The van der Waals surface area contributed by atoms with Gasteiger partial charge in [0.15, 0.2) is 0 Å². The van der Waals surface area contributed by atoms with Gasteiger partial charge in [-0.3, -0.25) is 13.9 Å². The van der Waals surface area contributed by atoms with Crippen molar-refractivity contribution in [1.82, 2.24) is 10.2 Å². The summed E-state index contributed by atoms with van der Waals surface area (Å²) in [6, 6.07) is 8.24. The summed E-state index contributed by atoms with van der Waals surface area (Å²) >= 11 is 24.6. The molecule has 0 aliphatic heterocycles. The van der Waals surface area contributed by atoms with Gasteiger partial charge in [0.2, 0.25) is 21.8 Å². The number of rotatable bonds is 10. The van der Waals surface area contributed by atoms with Gasteiger partial charge in [0.25, 0.3) is 0 Å². The van der Waals surface area contributed by atoms with Gasteiger partial charge in [-0.15, -0.1) is 0 Å². The third kappa shape index (κ3) is 7.39. The Hall–Kier alpha value is -1.71. The number of nitrogens with zero attached hydrogens (tertiary/aromatic N) is 2. The van der Waals surface area contributed by atoms with Crippen molar-refractivity contribution in [3.63, 3.8) is 0 Å². The van der Waals surface area contributed by atoms with Crippen molar-refractivity contribution in [2.24, 2.45) is 0 Å². The lowest BCUT2D eigenvalue weighted by Gasteiger charge is -2.33. The molecule has 2 aromatic carbocycles. The van der Waals surface area contributed by atoms with Gasteiger partial charge in [-0.25, -0.2) is 8.42 Å². The van der Waals surface area contributed by atoms with Gasteiger partial charge in [0, 0.05) is 28.2 Å². The summed E-state index contributed by atoms with van der Waals surface area (Å²) in [5.74, 6) is -0.985. The van der Waals surface area contributed by atoms with Crippen LogP contribution in [0.3, 0.4) is 0 Å². The molecule has 0 fully saturated rings. The molecular formula is C22H25Cl4N3O4S. The maximum Gasteiger partial charge on any atom is 0.244 e. The topological polar surface area (TPSA) is 86.8 Å². The number of halogens is 4. The van der Waals surface area contributed by atoms with E-state index in [1.807, 2.05) is 0 Å². The first-order chi connectivity index (χ1) is 15.9. The summed E-state index contributed by atoms with van der Waals surface area (Å²) in [5, 5.41) is 3.80. The number of likely N-dealkylation sites (N-methyl/N-ethyl adjacent to an activating group) is 1. The molecule has 0 bridgehead atoms. The minimum Gasteiger partial charge on any atom is -0.355 e. The van der Waals surface area contributed by atoms with Crippen LogP contribution >= 0.6 is 46.4 Å². The number of sulfonamides is 1. The van der Waals surface area contributed by atoms with Crippen LogP contribution < -0.4 is 9.62 Å². The molecule has 0 heterocycles. The number of hydrogen-bond acceptors (Lipinski definition) is 4. The highest BCUT2D eigenvalue weighted by Gasteiger charge is 2.32. The van der Waals surface area contributed by atoms with Gasteiger partial charge < -0.3 is 10.2 Å². The van der Waals surface area contributed by atoms with Crippen molar-refractivity contribution in [3.8, 4) is 0 Å². The van der Waals surface area contributed by atoms with Crippen molar-refractivity contribution in [2.45, 2.75) is 32.9 Å². The fourth-order valence-corrected chi connectivity index (χ4v) is 5.07. The molecule has 0 aliphatic carbocycles. The van der Waals surface area contributed by atoms with E-state index in [-0.39, 0.29) is 28.2 Å². The molecule has 186 valence electrons. The Kier molecular flexibility index (Phi) is 10.3. The van der Waals surface area contributed by atoms with Crippen LogP contribution in [0.25, 0.3) is 0 Å². The first-order valence-corrected chi connectivity index (χ1v) is 13.7. The smallest absolute Gasteiger partial charge is 0.244 e. The number of amides is 2. The summed E-state index contributed by atoms with van der Waals surface area (Å²) < 4.78 is 26.1. The van der Waals surface area contributed by atoms with Crippen molar-refractivity contribution in [3.05, 3.63) is 62.1 Å². The van der Waals surface area contributed by atoms with Crippen molar-refractivity contribution < 1.29 is 18.0 Å². The van der Waals surface area contributed by atoms with E-state index in [9.17, 15) is 18.0 Å². The van der Waals surface area contributed by atoms with Crippen LogP contribution in [-0.2, 0) is 26.2 Å². The van der Waals surface area contributed by atoms with Crippen LogP contribution in [0.2, 0.25) is 20.1 Å². The van der Waals surface area contributed by atoms with Crippen LogP contribution in [0.1, 0.15) is 25.8 Å². The highest BCUT2D eigenvalue weighted by molar-refractivity contribution is 7.92. The summed E-state index contributed by atoms with van der Waals surface area (Å²) in [5.41, 5.74) is 0.606. The van der Waals surface area contributed by atoms with Gasteiger partial charge in [-0.1, -0.05) is 59.4 Å². The maximum atomic E-state index is 13.6. The third-order valence-corrected chi connectivity index (χ3v) is 7.22. The van der Waals surface area contributed by atoms with Gasteiger partial charge in [0.05, 0.1) is 17.0 Å². The quantitative estimate of drug-likeness (QED) is 0.436. The normalized spacial score (nSPS) is 12.2. The van der Waals surface area contributed by atoms with Gasteiger partial charge in [-0.05, 0) is 49.2 Å². The zero-order valence-electron chi connectivity index (χ0n) is 18.8. The van der Waals surface area contributed by atoms with E-state index in [2.05, 4.69) is 5.32 Å². The number of benzene rings is 2. The van der Waals surface area contributed by atoms with Crippen LogP contribution in [0.5, 0.6) is 0 Å². The Labute approximate surface area is 220 Å². The molecule has 0 radical (unpaired) electrons. The van der Waals surface area contributed by atoms with Crippen molar-refractivity contribution >= 4 is 73.9 Å².